The normalized spacial score (nSPS) is 12.4. The van der Waals surface area contributed by atoms with Gasteiger partial charge in [-0.15, -0.1) is 0 Å². The topological polar surface area (TPSA) is 20.2 Å². The quantitative estimate of drug-likeness (QED) is 0.801. The summed E-state index contributed by atoms with van der Waals surface area (Å²) in [6.07, 6.45) is -0.436. The third kappa shape index (κ3) is 3.18. The first kappa shape index (κ1) is 12.8. The van der Waals surface area contributed by atoms with Gasteiger partial charge in [0.15, 0.2) is 0 Å². The van der Waals surface area contributed by atoms with Crippen LogP contribution in [0.1, 0.15) is 11.7 Å². The monoisotopic (exact) mass is 354 g/mol. The second-order valence-electron chi connectivity index (χ2n) is 3.80. The van der Waals surface area contributed by atoms with Crippen LogP contribution in [-0.2, 0) is 0 Å². The minimum Gasteiger partial charge on any atom is -0.388 e. The Morgan fingerprint density at radius 2 is 1.35 bits per heavy atom. The van der Waals surface area contributed by atoms with E-state index < -0.39 is 6.10 Å². The Labute approximate surface area is 118 Å². The second kappa shape index (κ2) is 5.80. The van der Waals surface area contributed by atoms with Crippen LogP contribution in [0.3, 0.4) is 0 Å². The minimum atomic E-state index is -0.436. The molecule has 0 bridgehead atoms. The molecule has 0 aliphatic rings. The zero-order valence-electron chi connectivity index (χ0n) is 9.11. The summed E-state index contributed by atoms with van der Waals surface area (Å²) in [5.41, 5.74) is 3.26. The van der Waals surface area contributed by atoms with E-state index in [0.717, 1.165) is 15.6 Å². The summed E-state index contributed by atoms with van der Waals surface area (Å²) < 4.78 is 1.08. The maximum atomic E-state index is 9.67. The molecule has 1 N–H and O–H groups in total. The molecule has 0 amide bonds. The van der Waals surface area contributed by atoms with Crippen molar-refractivity contribution in [2.75, 3.05) is 5.33 Å². The van der Waals surface area contributed by atoms with Crippen molar-refractivity contribution in [3.8, 4) is 11.1 Å². The summed E-state index contributed by atoms with van der Waals surface area (Å²) in [6.45, 7) is 0. The SMILES string of the molecule is OC(CBr)c1ccc(-c2ccc(Br)cc2)cc1. The van der Waals surface area contributed by atoms with E-state index in [2.05, 4.69) is 44.0 Å². The molecule has 0 aliphatic carbocycles. The Balaban J connectivity index is 2.26. The highest BCUT2D eigenvalue weighted by Crippen LogP contribution is 2.24. The number of aliphatic hydroxyl groups is 1. The highest BCUT2D eigenvalue weighted by molar-refractivity contribution is 9.10. The Morgan fingerprint density at radius 1 is 0.882 bits per heavy atom. The predicted molar refractivity (Wildman–Crippen MR) is 78.3 cm³/mol. The van der Waals surface area contributed by atoms with Crippen molar-refractivity contribution in [2.45, 2.75) is 6.10 Å². The van der Waals surface area contributed by atoms with E-state index in [0.29, 0.717) is 5.33 Å². The van der Waals surface area contributed by atoms with Gasteiger partial charge in [0.2, 0.25) is 0 Å². The van der Waals surface area contributed by atoms with E-state index in [4.69, 9.17) is 0 Å². The lowest BCUT2D eigenvalue weighted by Gasteiger charge is -2.08. The Bertz CT molecular complexity index is 477. The molecule has 0 aromatic heterocycles. The van der Waals surface area contributed by atoms with Gasteiger partial charge in [-0.3, -0.25) is 0 Å². The molecule has 0 radical (unpaired) electrons. The first-order valence-electron chi connectivity index (χ1n) is 5.30. The zero-order valence-corrected chi connectivity index (χ0v) is 12.3. The first-order chi connectivity index (χ1) is 8.20. The molecule has 88 valence electrons. The van der Waals surface area contributed by atoms with Gasteiger partial charge in [0.05, 0.1) is 6.10 Å². The fourth-order valence-electron chi connectivity index (χ4n) is 1.63. The van der Waals surface area contributed by atoms with Crippen molar-refractivity contribution in [1.29, 1.82) is 0 Å². The van der Waals surface area contributed by atoms with Crippen molar-refractivity contribution >= 4 is 31.9 Å². The van der Waals surface area contributed by atoms with Gasteiger partial charge in [-0.2, -0.15) is 0 Å². The maximum absolute atomic E-state index is 9.67. The predicted octanol–water partition coefficient (Wildman–Crippen LogP) is 4.54. The molecule has 3 heteroatoms. The van der Waals surface area contributed by atoms with Gasteiger partial charge in [-0.1, -0.05) is 68.3 Å². The second-order valence-corrected chi connectivity index (χ2v) is 5.36. The average molecular weight is 356 g/mol. The molecule has 0 aliphatic heterocycles. The lowest BCUT2D eigenvalue weighted by atomic mass is 10.0. The zero-order chi connectivity index (χ0) is 12.3. The van der Waals surface area contributed by atoms with Crippen LogP contribution in [-0.4, -0.2) is 10.4 Å². The van der Waals surface area contributed by atoms with Crippen LogP contribution < -0.4 is 0 Å². The molecule has 2 aromatic rings. The number of halogens is 2. The van der Waals surface area contributed by atoms with Crippen molar-refractivity contribution in [1.82, 2.24) is 0 Å². The van der Waals surface area contributed by atoms with Gasteiger partial charge in [0, 0.05) is 9.80 Å². The van der Waals surface area contributed by atoms with E-state index in [1.807, 2.05) is 36.4 Å². The third-order valence-corrected chi connectivity index (χ3v) is 3.76. The van der Waals surface area contributed by atoms with Crippen molar-refractivity contribution in [2.24, 2.45) is 0 Å². The molecular weight excluding hydrogens is 344 g/mol. The van der Waals surface area contributed by atoms with Crippen molar-refractivity contribution in [3.05, 3.63) is 58.6 Å². The van der Waals surface area contributed by atoms with E-state index in [1.54, 1.807) is 0 Å². The Hall–Kier alpha value is -0.640. The van der Waals surface area contributed by atoms with E-state index in [-0.39, 0.29) is 0 Å². The van der Waals surface area contributed by atoms with Gasteiger partial charge in [-0.25, -0.2) is 0 Å². The fraction of sp³-hybridized carbons (Fsp3) is 0.143. The highest BCUT2D eigenvalue weighted by atomic mass is 79.9. The first-order valence-corrected chi connectivity index (χ1v) is 7.22. The standard InChI is InChI=1S/C14H12Br2O/c15-9-14(17)12-3-1-10(2-4-12)11-5-7-13(16)8-6-11/h1-8,14,17H,9H2. The number of rotatable bonds is 3. The molecule has 0 spiro atoms. The van der Waals surface area contributed by atoms with Gasteiger partial charge < -0.3 is 5.11 Å². The molecule has 1 nitrogen and oxygen atoms in total. The number of benzene rings is 2. The van der Waals surface area contributed by atoms with Crippen molar-refractivity contribution in [3.63, 3.8) is 0 Å². The molecule has 0 saturated heterocycles. The smallest absolute Gasteiger partial charge is 0.0886 e. The molecule has 0 saturated carbocycles. The average Bonchev–Trinajstić information content (AvgIpc) is 2.39. The number of aliphatic hydroxyl groups excluding tert-OH is 1. The van der Waals surface area contributed by atoms with Gasteiger partial charge in [0.25, 0.3) is 0 Å². The molecule has 2 aromatic carbocycles. The fourth-order valence-corrected chi connectivity index (χ4v) is 2.27. The number of alkyl halides is 1. The van der Waals surface area contributed by atoms with Crippen LogP contribution in [0, 0.1) is 0 Å². The largest absolute Gasteiger partial charge is 0.388 e. The molecule has 1 atom stereocenters. The molecule has 0 fully saturated rings. The summed E-state index contributed by atoms with van der Waals surface area (Å²) in [4.78, 5) is 0. The third-order valence-electron chi connectivity index (χ3n) is 2.62. The number of hydrogen-bond donors (Lipinski definition) is 1. The van der Waals surface area contributed by atoms with Crippen LogP contribution in [0.4, 0.5) is 0 Å². The molecule has 2 rings (SSSR count). The van der Waals surface area contributed by atoms with Gasteiger partial charge in [0.1, 0.15) is 0 Å². The maximum Gasteiger partial charge on any atom is 0.0886 e. The van der Waals surface area contributed by atoms with Crippen LogP contribution in [0.5, 0.6) is 0 Å². The number of hydrogen-bond acceptors (Lipinski definition) is 1. The van der Waals surface area contributed by atoms with E-state index in [9.17, 15) is 5.11 Å². The summed E-state index contributed by atoms with van der Waals surface area (Å²) in [7, 11) is 0. The Morgan fingerprint density at radius 3 is 1.82 bits per heavy atom. The van der Waals surface area contributed by atoms with Crippen LogP contribution in [0.2, 0.25) is 0 Å². The lowest BCUT2D eigenvalue weighted by molar-refractivity contribution is 0.205. The van der Waals surface area contributed by atoms with Crippen LogP contribution in [0.15, 0.2) is 53.0 Å². The molecule has 1 unspecified atom stereocenters. The minimum absolute atomic E-state index is 0.436. The molecular formula is C14H12Br2O. The summed E-state index contributed by atoms with van der Waals surface area (Å²) in [5.74, 6) is 0. The lowest BCUT2D eigenvalue weighted by Crippen LogP contribution is -1.97. The van der Waals surface area contributed by atoms with Crippen LogP contribution >= 0.6 is 31.9 Å². The van der Waals surface area contributed by atoms with Gasteiger partial charge in [-0.05, 0) is 28.8 Å². The highest BCUT2D eigenvalue weighted by Gasteiger charge is 2.05. The van der Waals surface area contributed by atoms with Crippen LogP contribution in [0.25, 0.3) is 11.1 Å². The van der Waals surface area contributed by atoms with Crippen molar-refractivity contribution < 1.29 is 5.11 Å². The summed E-state index contributed by atoms with van der Waals surface area (Å²) in [6, 6.07) is 16.2. The van der Waals surface area contributed by atoms with E-state index in [1.165, 1.54) is 5.56 Å². The van der Waals surface area contributed by atoms with E-state index >= 15 is 0 Å². The Kier molecular flexibility index (Phi) is 4.37. The molecule has 0 heterocycles. The summed E-state index contributed by atoms with van der Waals surface area (Å²) >= 11 is 6.69. The molecule has 17 heavy (non-hydrogen) atoms. The summed E-state index contributed by atoms with van der Waals surface area (Å²) in [5, 5.41) is 10.2. The van der Waals surface area contributed by atoms with Gasteiger partial charge >= 0.3 is 0 Å².